The Labute approximate surface area is 125 Å². The maximum Gasteiger partial charge on any atom is 0.251 e. The quantitative estimate of drug-likeness (QED) is 0.779. The van der Waals surface area contributed by atoms with Crippen LogP contribution in [-0.4, -0.2) is 17.9 Å². The van der Waals surface area contributed by atoms with E-state index in [1.807, 2.05) is 20.8 Å². The SMILES string of the molecule is CC(C)(C)C(NC(=O)c1ccc(CN)cc1)C(N)=O.Cl. The molecule has 1 aromatic carbocycles. The summed E-state index contributed by atoms with van der Waals surface area (Å²) in [5.74, 6) is -0.860. The maximum absolute atomic E-state index is 12.1. The third-order valence-electron chi connectivity index (χ3n) is 2.88. The van der Waals surface area contributed by atoms with Gasteiger partial charge in [-0.05, 0) is 23.1 Å². The van der Waals surface area contributed by atoms with Gasteiger partial charge >= 0.3 is 0 Å². The average Bonchev–Trinajstić information content (AvgIpc) is 2.34. The van der Waals surface area contributed by atoms with Crippen molar-refractivity contribution in [2.45, 2.75) is 33.4 Å². The van der Waals surface area contributed by atoms with Crippen LogP contribution in [0.2, 0.25) is 0 Å². The van der Waals surface area contributed by atoms with Gasteiger partial charge in [-0.1, -0.05) is 32.9 Å². The molecule has 5 nitrogen and oxygen atoms in total. The van der Waals surface area contributed by atoms with E-state index in [0.717, 1.165) is 5.56 Å². The molecule has 0 heterocycles. The molecule has 0 saturated carbocycles. The van der Waals surface area contributed by atoms with Gasteiger partial charge < -0.3 is 16.8 Å². The molecule has 0 radical (unpaired) electrons. The Balaban J connectivity index is 0.00000361. The first-order valence-corrected chi connectivity index (χ1v) is 6.15. The smallest absolute Gasteiger partial charge is 0.251 e. The summed E-state index contributed by atoms with van der Waals surface area (Å²) >= 11 is 0. The number of primary amides is 1. The number of carbonyl (C=O) groups excluding carboxylic acids is 2. The Morgan fingerprint density at radius 1 is 1.20 bits per heavy atom. The number of hydrogen-bond donors (Lipinski definition) is 3. The summed E-state index contributed by atoms with van der Waals surface area (Å²) in [4.78, 5) is 23.5. The highest BCUT2D eigenvalue weighted by molar-refractivity contribution is 5.97. The highest BCUT2D eigenvalue weighted by atomic mass is 35.5. The van der Waals surface area contributed by atoms with Crippen LogP contribution in [0.3, 0.4) is 0 Å². The van der Waals surface area contributed by atoms with Crippen LogP contribution in [-0.2, 0) is 11.3 Å². The molecular weight excluding hydrogens is 278 g/mol. The molecule has 0 aromatic heterocycles. The molecule has 20 heavy (non-hydrogen) atoms. The third kappa shape index (κ3) is 4.83. The van der Waals surface area contributed by atoms with Gasteiger partial charge in [-0.25, -0.2) is 0 Å². The van der Waals surface area contributed by atoms with Gasteiger partial charge in [0.25, 0.3) is 5.91 Å². The van der Waals surface area contributed by atoms with Crippen molar-refractivity contribution in [3.63, 3.8) is 0 Å². The van der Waals surface area contributed by atoms with Crippen LogP contribution in [0.1, 0.15) is 36.7 Å². The van der Waals surface area contributed by atoms with E-state index in [-0.39, 0.29) is 18.3 Å². The number of nitrogens with two attached hydrogens (primary N) is 2. The molecule has 0 aliphatic rings. The first kappa shape index (κ1) is 18.4. The highest BCUT2D eigenvalue weighted by Crippen LogP contribution is 2.19. The number of hydrogen-bond acceptors (Lipinski definition) is 3. The van der Waals surface area contributed by atoms with Crippen LogP contribution in [0, 0.1) is 5.41 Å². The molecule has 5 N–H and O–H groups in total. The van der Waals surface area contributed by atoms with E-state index in [9.17, 15) is 9.59 Å². The molecule has 0 aliphatic heterocycles. The fourth-order valence-electron chi connectivity index (χ4n) is 1.72. The summed E-state index contributed by atoms with van der Waals surface area (Å²) in [6, 6.07) is 6.21. The molecule has 0 aliphatic carbocycles. The van der Waals surface area contributed by atoms with Gasteiger partial charge in [0.15, 0.2) is 0 Å². The van der Waals surface area contributed by atoms with Crippen molar-refractivity contribution in [3.8, 4) is 0 Å². The predicted molar refractivity (Wildman–Crippen MR) is 81.5 cm³/mol. The summed E-state index contributed by atoms with van der Waals surface area (Å²) < 4.78 is 0. The normalized spacial score (nSPS) is 12.2. The second kappa shape index (κ2) is 7.26. The molecule has 0 spiro atoms. The molecule has 6 heteroatoms. The molecule has 1 aromatic rings. The number of rotatable bonds is 4. The van der Waals surface area contributed by atoms with E-state index in [1.54, 1.807) is 24.3 Å². The molecule has 1 rings (SSSR count). The van der Waals surface area contributed by atoms with Crippen molar-refractivity contribution < 1.29 is 9.59 Å². The van der Waals surface area contributed by atoms with E-state index < -0.39 is 17.4 Å². The van der Waals surface area contributed by atoms with Crippen LogP contribution in [0.25, 0.3) is 0 Å². The lowest BCUT2D eigenvalue weighted by atomic mass is 9.86. The van der Waals surface area contributed by atoms with Crippen LogP contribution in [0.5, 0.6) is 0 Å². The van der Waals surface area contributed by atoms with Crippen LogP contribution in [0.15, 0.2) is 24.3 Å². The summed E-state index contributed by atoms with van der Waals surface area (Å²) in [7, 11) is 0. The lowest BCUT2D eigenvalue weighted by Gasteiger charge is -2.28. The number of carbonyl (C=O) groups is 2. The molecular formula is C14H22ClN3O2. The van der Waals surface area contributed by atoms with Crippen molar-refractivity contribution in [1.29, 1.82) is 0 Å². The first-order valence-electron chi connectivity index (χ1n) is 6.15. The Bertz CT molecular complexity index is 466. The van der Waals surface area contributed by atoms with Crippen molar-refractivity contribution in [2.24, 2.45) is 16.9 Å². The second-order valence-corrected chi connectivity index (χ2v) is 5.58. The molecule has 2 amide bonds. The first-order chi connectivity index (χ1) is 8.75. The van der Waals surface area contributed by atoms with E-state index >= 15 is 0 Å². The minimum atomic E-state index is -0.714. The topological polar surface area (TPSA) is 98.2 Å². The number of halogens is 1. The fraction of sp³-hybridized carbons (Fsp3) is 0.429. The van der Waals surface area contributed by atoms with Gasteiger partial charge in [-0.2, -0.15) is 0 Å². The van der Waals surface area contributed by atoms with Gasteiger partial charge in [-0.3, -0.25) is 9.59 Å². The zero-order valence-corrected chi connectivity index (χ0v) is 12.8. The van der Waals surface area contributed by atoms with Gasteiger partial charge in [0.05, 0.1) is 0 Å². The van der Waals surface area contributed by atoms with Gasteiger partial charge in [0, 0.05) is 12.1 Å². The predicted octanol–water partition coefficient (Wildman–Crippen LogP) is 1.20. The van der Waals surface area contributed by atoms with Crippen molar-refractivity contribution >= 4 is 24.2 Å². The van der Waals surface area contributed by atoms with Gasteiger partial charge in [0.2, 0.25) is 5.91 Å². The van der Waals surface area contributed by atoms with Gasteiger partial charge in [0.1, 0.15) is 6.04 Å². The Morgan fingerprint density at radius 3 is 2.05 bits per heavy atom. The lowest BCUT2D eigenvalue weighted by Crippen LogP contribution is -2.52. The highest BCUT2D eigenvalue weighted by Gasteiger charge is 2.31. The summed E-state index contributed by atoms with van der Waals surface area (Å²) in [6.07, 6.45) is 0. The average molecular weight is 300 g/mol. The maximum atomic E-state index is 12.1. The summed E-state index contributed by atoms with van der Waals surface area (Å²) in [6.45, 7) is 5.97. The molecule has 112 valence electrons. The zero-order valence-electron chi connectivity index (χ0n) is 12.0. The van der Waals surface area contributed by atoms with Crippen LogP contribution >= 0.6 is 12.4 Å². The Morgan fingerprint density at radius 2 is 1.70 bits per heavy atom. The van der Waals surface area contributed by atoms with E-state index in [0.29, 0.717) is 12.1 Å². The molecule has 0 fully saturated rings. The van der Waals surface area contributed by atoms with Gasteiger partial charge in [-0.15, -0.1) is 12.4 Å². The number of nitrogens with one attached hydrogen (secondary N) is 1. The summed E-state index contributed by atoms with van der Waals surface area (Å²) in [5.41, 5.74) is 11.8. The van der Waals surface area contributed by atoms with E-state index in [1.165, 1.54) is 0 Å². The summed E-state index contributed by atoms with van der Waals surface area (Å²) in [5, 5.41) is 2.67. The minimum absolute atomic E-state index is 0. The third-order valence-corrected chi connectivity index (χ3v) is 2.88. The number of benzene rings is 1. The Kier molecular flexibility index (Phi) is 6.68. The van der Waals surface area contributed by atoms with E-state index in [2.05, 4.69) is 5.32 Å². The number of amides is 2. The molecule has 1 atom stereocenters. The largest absolute Gasteiger partial charge is 0.368 e. The van der Waals surface area contributed by atoms with E-state index in [4.69, 9.17) is 11.5 Å². The molecule has 0 bridgehead atoms. The standard InChI is InChI=1S/C14H21N3O2.ClH/c1-14(2,3)11(12(16)18)17-13(19)10-6-4-9(8-15)5-7-10;/h4-7,11H,8,15H2,1-3H3,(H2,16,18)(H,17,19);1H. The zero-order chi connectivity index (χ0) is 14.6. The minimum Gasteiger partial charge on any atom is -0.368 e. The monoisotopic (exact) mass is 299 g/mol. The Hall–Kier alpha value is -1.59. The lowest BCUT2D eigenvalue weighted by molar-refractivity contribution is -0.122. The van der Waals surface area contributed by atoms with Crippen molar-refractivity contribution in [1.82, 2.24) is 5.32 Å². The molecule has 1 unspecified atom stereocenters. The molecule has 0 saturated heterocycles. The second-order valence-electron chi connectivity index (χ2n) is 5.58. The van der Waals surface area contributed by atoms with Crippen LogP contribution < -0.4 is 16.8 Å². The van der Waals surface area contributed by atoms with Crippen molar-refractivity contribution in [3.05, 3.63) is 35.4 Å². The van der Waals surface area contributed by atoms with Crippen LogP contribution in [0.4, 0.5) is 0 Å². The van der Waals surface area contributed by atoms with Crippen molar-refractivity contribution in [2.75, 3.05) is 0 Å². The fourth-order valence-corrected chi connectivity index (χ4v) is 1.72.